The summed E-state index contributed by atoms with van der Waals surface area (Å²) in [6, 6.07) is 0.826. The molecule has 1 N–H and O–H groups in total. The molecule has 0 saturated heterocycles. The van der Waals surface area contributed by atoms with E-state index in [9.17, 15) is 0 Å². The molecular weight excluding hydrogens is 206 g/mol. The number of rotatable bonds is 4. The second kappa shape index (κ2) is 6.22. The largest absolute Gasteiger partial charge is 0.313 e. The van der Waals surface area contributed by atoms with Crippen LogP contribution in [-0.4, -0.2) is 12.6 Å². The van der Waals surface area contributed by atoms with Gasteiger partial charge in [0.2, 0.25) is 0 Å². The van der Waals surface area contributed by atoms with Crippen molar-refractivity contribution in [3.63, 3.8) is 0 Å². The van der Waals surface area contributed by atoms with Gasteiger partial charge in [-0.15, -0.1) is 0 Å². The molecule has 0 aromatic rings. The molecular formula is C16H31N. The maximum absolute atomic E-state index is 3.93. The van der Waals surface area contributed by atoms with Gasteiger partial charge in [0, 0.05) is 12.6 Å². The Bertz CT molecular complexity index is 218. The molecule has 2 rings (SSSR count). The van der Waals surface area contributed by atoms with E-state index in [4.69, 9.17) is 0 Å². The summed E-state index contributed by atoms with van der Waals surface area (Å²) in [6.45, 7) is 6.14. The van der Waals surface area contributed by atoms with Gasteiger partial charge in [0.25, 0.3) is 0 Å². The number of nitrogens with one attached hydrogen (secondary N) is 1. The summed E-state index contributed by atoms with van der Waals surface area (Å²) in [7, 11) is 0. The molecule has 1 nitrogen and oxygen atoms in total. The van der Waals surface area contributed by atoms with Crippen LogP contribution in [0, 0.1) is 11.3 Å². The van der Waals surface area contributed by atoms with Crippen molar-refractivity contribution in [1.82, 2.24) is 5.32 Å². The second-order valence-corrected chi connectivity index (χ2v) is 6.81. The summed E-state index contributed by atoms with van der Waals surface area (Å²) in [5, 5.41) is 3.93. The average molecular weight is 237 g/mol. The molecule has 2 unspecified atom stereocenters. The van der Waals surface area contributed by atoms with Crippen molar-refractivity contribution in [2.24, 2.45) is 11.3 Å². The highest BCUT2D eigenvalue weighted by atomic mass is 14.9. The van der Waals surface area contributed by atoms with Crippen molar-refractivity contribution in [2.45, 2.75) is 84.1 Å². The fraction of sp³-hybridized carbons (Fsp3) is 1.00. The van der Waals surface area contributed by atoms with Crippen LogP contribution in [0.5, 0.6) is 0 Å². The predicted octanol–water partition coefficient (Wildman–Crippen LogP) is 4.52. The molecule has 1 heteroatoms. The van der Waals surface area contributed by atoms with E-state index in [0.29, 0.717) is 5.41 Å². The zero-order chi connectivity index (χ0) is 12.1. The van der Waals surface area contributed by atoms with Crippen LogP contribution in [0.4, 0.5) is 0 Å². The molecule has 100 valence electrons. The number of hydrogen-bond acceptors (Lipinski definition) is 1. The average Bonchev–Trinajstić information content (AvgIpc) is 2.38. The monoisotopic (exact) mass is 237 g/mol. The second-order valence-electron chi connectivity index (χ2n) is 6.81. The van der Waals surface area contributed by atoms with Gasteiger partial charge in [0.15, 0.2) is 0 Å². The summed E-state index contributed by atoms with van der Waals surface area (Å²) >= 11 is 0. The van der Waals surface area contributed by atoms with Crippen LogP contribution in [-0.2, 0) is 0 Å². The van der Waals surface area contributed by atoms with Gasteiger partial charge < -0.3 is 5.32 Å². The van der Waals surface area contributed by atoms with Crippen molar-refractivity contribution in [3.05, 3.63) is 0 Å². The molecule has 0 aromatic carbocycles. The highest BCUT2D eigenvalue weighted by Crippen LogP contribution is 2.36. The maximum atomic E-state index is 3.93. The SMILES string of the molecule is CCC1CCCCC1NCC1(C)CCCCC1. The molecule has 2 atom stereocenters. The molecule has 2 fully saturated rings. The quantitative estimate of drug-likeness (QED) is 0.758. The lowest BCUT2D eigenvalue weighted by Gasteiger charge is -2.38. The first-order chi connectivity index (χ1) is 8.23. The topological polar surface area (TPSA) is 12.0 Å². The Hall–Kier alpha value is -0.0400. The first-order valence-electron chi connectivity index (χ1n) is 7.97. The predicted molar refractivity (Wildman–Crippen MR) is 75.2 cm³/mol. The van der Waals surface area contributed by atoms with Gasteiger partial charge >= 0.3 is 0 Å². The van der Waals surface area contributed by atoms with Crippen molar-refractivity contribution in [1.29, 1.82) is 0 Å². The standard InChI is InChI=1S/C16H31N/c1-3-14-9-5-6-10-15(14)17-13-16(2)11-7-4-8-12-16/h14-15,17H,3-13H2,1-2H3. The molecule has 0 heterocycles. The Morgan fingerprint density at radius 3 is 2.41 bits per heavy atom. The summed E-state index contributed by atoms with van der Waals surface area (Å²) in [4.78, 5) is 0. The molecule has 0 aromatic heterocycles. The van der Waals surface area contributed by atoms with Gasteiger partial charge in [-0.3, -0.25) is 0 Å². The van der Waals surface area contributed by atoms with E-state index in [1.54, 1.807) is 0 Å². The summed E-state index contributed by atoms with van der Waals surface area (Å²) in [5.74, 6) is 0.955. The first-order valence-corrected chi connectivity index (χ1v) is 7.97. The summed E-state index contributed by atoms with van der Waals surface area (Å²) in [5.41, 5.74) is 0.605. The Morgan fingerprint density at radius 1 is 1.00 bits per heavy atom. The molecule has 2 aliphatic rings. The highest BCUT2D eigenvalue weighted by Gasteiger charge is 2.29. The normalized spacial score (nSPS) is 33.5. The summed E-state index contributed by atoms with van der Waals surface area (Å²) in [6.07, 6.45) is 14.5. The Kier molecular flexibility index (Phi) is 4.90. The minimum Gasteiger partial charge on any atom is -0.313 e. The Balaban J connectivity index is 1.79. The molecule has 0 bridgehead atoms. The van der Waals surface area contributed by atoms with Gasteiger partial charge in [0.1, 0.15) is 0 Å². The van der Waals surface area contributed by atoms with Gasteiger partial charge in [-0.25, -0.2) is 0 Å². The molecule has 0 amide bonds. The van der Waals surface area contributed by atoms with E-state index in [-0.39, 0.29) is 0 Å². The van der Waals surface area contributed by atoms with Gasteiger partial charge in [0.05, 0.1) is 0 Å². The highest BCUT2D eigenvalue weighted by molar-refractivity contribution is 4.85. The molecule has 2 aliphatic carbocycles. The summed E-state index contributed by atoms with van der Waals surface area (Å²) < 4.78 is 0. The molecule has 17 heavy (non-hydrogen) atoms. The van der Waals surface area contributed by atoms with Crippen LogP contribution in [0.15, 0.2) is 0 Å². The third-order valence-electron chi connectivity index (χ3n) is 5.29. The van der Waals surface area contributed by atoms with Gasteiger partial charge in [-0.1, -0.05) is 52.4 Å². The van der Waals surface area contributed by atoms with Crippen LogP contribution < -0.4 is 5.32 Å². The third-order valence-corrected chi connectivity index (χ3v) is 5.29. The van der Waals surface area contributed by atoms with Crippen LogP contribution in [0.3, 0.4) is 0 Å². The van der Waals surface area contributed by atoms with Crippen LogP contribution in [0.25, 0.3) is 0 Å². The first kappa shape index (κ1) is 13.4. The fourth-order valence-electron chi connectivity index (χ4n) is 3.92. The van der Waals surface area contributed by atoms with Gasteiger partial charge in [-0.05, 0) is 37.0 Å². The van der Waals surface area contributed by atoms with E-state index in [0.717, 1.165) is 12.0 Å². The lowest BCUT2D eigenvalue weighted by Crippen LogP contribution is -2.44. The lowest BCUT2D eigenvalue weighted by molar-refractivity contribution is 0.173. The third kappa shape index (κ3) is 3.71. The van der Waals surface area contributed by atoms with E-state index in [1.807, 2.05) is 0 Å². The van der Waals surface area contributed by atoms with Crippen LogP contribution in [0.2, 0.25) is 0 Å². The minimum atomic E-state index is 0.605. The Labute approximate surface area is 108 Å². The van der Waals surface area contributed by atoms with E-state index in [1.165, 1.54) is 70.8 Å². The van der Waals surface area contributed by atoms with Crippen molar-refractivity contribution < 1.29 is 0 Å². The zero-order valence-electron chi connectivity index (χ0n) is 11.9. The van der Waals surface area contributed by atoms with E-state index < -0.39 is 0 Å². The molecule has 0 spiro atoms. The maximum Gasteiger partial charge on any atom is 0.00954 e. The van der Waals surface area contributed by atoms with Crippen LogP contribution in [0.1, 0.15) is 78.1 Å². The zero-order valence-corrected chi connectivity index (χ0v) is 11.9. The minimum absolute atomic E-state index is 0.605. The van der Waals surface area contributed by atoms with Crippen LogP contribution >= 0.6 is 0 Å². The van der Waals surface area contributed by atoms with E-state index >= 15 is 0 Å². The van der Waals surface area contributed by atoms with Crippen molar-refractivity contribution in [3.8, 4) is 0 Å². The van der Waals surface area contributed by atoms with E-state index in [2.05, 4.69) is 19.2 Å². The number of hydrogen-bond donors (Lipinski definition) is 1. The molecule has 0 radical (unpaired) electrons. The smallest absolute Gasteiger partial charge is 0.00954 e. The molecule has 0 aliphatic heterocycles. The van der Waals surface area contributed by atoms with Gasteiger partial charge in [-0.2, -0.15) is 0 Å². The van der Waals surface area contributed by atoms with Crippen molar-refractivity contribution in [2.75, 3.05) is 6.54 Å². The fourth-order valence-corrected chi connectivity index (χ4v) is 3.92. The molecule has 2 saturated carbocycles. The Morgan fingerprint density at radius 2 is 1.71 bits per heavy atom. The lowest BCUT2D eigenvalue weighted by atomic mass is 9.75. The van der Waals surface area contributed by atoms with Crippen molar-refractivity contribution >= 4 is 0 Å².